The van der Waals surface area contributed by atoms with Crippen molar-refractivity contribution in [2.24, 2.45) is 5.92 Å². The van der Waals surface area contributed by atoms with Crippen molar-refractivity contribution in [3.63, 3.8) is 0 Å². The molecule has 1 aliphatic rings. The maximum atomic E-state index is 13.0. The van der Waals surface area contributed by atoms with Crippen LogP contribution in [0.1, 0.15) is 50.4 Å². The van der Waals surface area contributed by atoms with Crippen molar-refractivity contribution in [1.82, 2.24) is 9.55 Å². The number of nitrogens with one attached hydrogen (secondary N) is 1. The summed E-state index contributed by atoms with van der Waals surface area (Å²) in [6.45, 7) is 6.45. The number of Topliss-reactive ketones (excluding diaryl/α,β-unsaturated/α-hetero) is 1. The van der Waals surface area contributed by atoms with Crippen LogP contribution in [0.3, 0.4) is 0 Å². The van der Waals surface area contributed by atoms with E-state index in [4.69, 9.17) is 0 Å². The van der Waals surface area contributed by atoms with Gasteiger partial charge in [0.2, 0.25) is 0 Å². The van der Waals surface area contributed by atoms with Gasteiger partial charge >= 0.3 is 0 Å². The van der Waals surface area contributed by atoms with Gasteiger partial charge in [-0.05, 0) is 98.5 Å². The molecule has 0 bridgehead atoms. The zero-order chi connectivity index (χ0) is 27.6. The second kappa shape index (κ2) is 11.1. The minimum absolute atomic E-state index is 0.0643. The molecular weight excluding hydrogens is 516 g/mol. The van der Waals surface area contributed by atoms with Gasteiger partial charge in [0.25, 0.3) is 5.91 Å². The number of nitrogens with zero attached hydrogens (tertiary/aromatic N) is 3. The van der Waals surface area contributed by atoms with Crippen LogP contribution in [0, 0.1) is 12.8 Å². The van der Waals surface area contributed by atoms with E-state index in [1.165, 1.54) is 18.5 Å². The molecule has 5 aromatic rings. The Hall–Kier alpha value is -4.23. The molecule has 3 aromatic carbocycles. The topological polar surface area (TPSA) is 67.2 Å². The maximum absolute atomic E-state index is 13.0. The first-order valence-electron chi connectivity index (χ1n) is 13.8. The summed E-state index contributed by atoms with van der Waals surface area (Å²) in [5, 5.41) is 4.90. The molecule has 1 fully saturated rings. The first kappa shape index (κ1) is 26.0. The molecule has 40 heavy (non-hydrogen) atoms. The monoisotopic (exact) mass is 548 g/mol. The van der Waals surface area contributed by atoms with Crippen LogP contribution < -0.4 is 10.2 Å². The highest BCUT2D eigenvalue weighted by atomic mass is 32.1. The van der Waals surface area contributed by atoms with Gasteiger partial charge in [0.05, 0.1) is 11.9 Å². The Labute approximate surface area is 238 Å². The van der Waals surface area contributed by atoms with Gasteiger partial charge in [0.1, 0.15) is 5.01 Å². The predicted molar refractivity (Wildman–Crippen MR) is 163 cm³/mol. The molecule has 1 amide bonds. The molecule has 0 atom stereocenters. The number of fused-ring (bicyclic) bond motifs is 1. The number of amides is 1. The van der Waals surface area contributed by atoms with E-state index in [1.54, 1.807) is 17.5 Å². The van der Waals surface area contributed by atoms with Crippen LogP contribution in [0.15, 0.2) is 85.2 Å². The summed E-state index contributed by atoms with van der Waals surface area (Å²) in [4.78, 5) is 33.4. The molecular formula is C33H32N4O2S. The second-order valence-corrected chi connectivity index (χ2v) is 12.0. The third kappa shape index (κ3) is 5.56. The normalized spacial score (nSPS) is 14.0. The van der Waals surface area contributed by atoms with Crippen molar-refractivity contribution in [1.29, 1.82) is 0 Å². The maximum Gasteiger partial charge on any atom is 0.255 e. The fraction of sp³-hybridized carbons (Fsp3) is 0.242. The number of piperidine rings is 1. The summed E-state index contributed by atoms with van der Waals surface area (Å²) in [5.74, 6) is 0.732. The average molecular weight is 549 g/mol. The molecule has 0 unspecified atom stereocenters. The highest BCUT2D eigenvalue weighted by molar-refractivity contribution is 7.11. The van der Waals surface area contributed by atoms with Crippen LogP contribution in [-0.4, -0.2) is 34.3 Å². The standard InChI is InChI=1S/C33H32N4O2S/c1-22-13-16-36(17-14-22)28-8-5-25(6-9-28)33(39)35-27-7-12-30-26(19-27)15-18-37(30)29-10-3-24(4-11-29)31(38)20-32-34-21-23(2)40-32/h3-12,15,18-19,21-22H,13-14,16-17,20H2,1-2H3,(H,35,39). The number of hydrogen-bond acceptors (Lipinski definition) is 5. The Morgan fingerprint density at radius 1 is 0.925 bits per heavy atom. The van der Waals surface area contributed by atoms with Crippen molar-refractivity contribution < 1.29 is 9.59 Å². The molecule has 0 saturated carbocycles. The number of benzene rings is 3. The first-order valence-corrected chi connectivity index (χ1v) is 14.6. The zero-order valence-electron chi connectivity index (χ0n) is 22.8. The Kier molecular flexibility index (Phi) is 7.22. The van der Waals surface area contributed by atoms with Crippen molar-refractivity contribution >= 4 is 45.3 Å². The van der Waals surface area contributed by atoms with E-state index in [2.05, 4.69) is 26.7 Å². The average Bonchev–Trinajstić information content (AvgIpc) is 3.59. The lowest BCUT2D eigenvalue weighted by Crippen LogP contribution is -2.32. The molecule has 0 radical (unpaired) electrons. The van der Waals surface area contributed by atoms with Crippen LogP contribution in [0.2, 0.25) is 0 Å². The van der Waals surface area contributed by atoms with Crippen LogP contribution >= 0.6 is 11.3 Å². The van der Waals surface area contributed by atoms with E-state index < -0.39 is 0 Å². The molecule has 3 heterocycles. The van der Waals surface area contributed by atoms with Gasteiger partial charge in [0.15, 0.2) is 5.78 Å². The number of rotatable bonds is 7. The van der Waals surface area contributed by atoms with Gasteiger partial charge in [-0.25, -0.2) is 4.98 Å². The van der Waals surface area contributed by atoms with Gasteiger partial charge in [-0.2, -0.15) is 0 Å². The van der Waals surface area contributed by atoms with Crippen LogP contribution in [0.5, 0.6) is 0 Å². The lowest BCUT2D eigenvalue weighted by molar-refractivity contribution is 0.0991. The van der Waals surface area contributed by atoms with Crippen molar-refractivity contribution in [3.05, 3.63) is 106 Å². The Morgan fingerprint density at radius 2 is 1.62 bits per heavy atom. The molecule has 7 heteroatoms. The number of thiazole rings is 1. The number of carbonyl (C=O) groups is 2. The van der Waals surface area contributed by atoms with Crippen LogP contribution in [-0.2, 0) is 6.42 Å². The first-order chi connectivity index (χ1) is 19.4. The SMILES string of the molecule is Cc1cnc(CC(=O)c2ccc(-n3ccc4cc(NC(=O)c5ccc(N6CCC(C)CC6)cc5)ccc43)cc2)s1. The van der Waals surface area contributed by atoms with Crippen LogP contribution in [0.4, 0.5) is 11.4 Å². The molecule has 2 aromatic heterocycles. The second-order valence-electron chi connectivity index (χ2n) is 10.6. The van der Waals surface area contributed by atoms with Gasteiger partial charge in [-0.15, -0.1) is 11.3 Å². The van der Waals surface area contributed by atoms with E-state index in [0.29, 0.717) is 17.5 Å². The summed E-state index contributed by atoms with van der Waals surface area (Å²) in [5.41, 5.74) is 5.25. The molecule has 1 N–H and O–H groups in total. The van der Waals surface area contributed by atoms with E-state index in [-0.39, 0.29) is 11.7 Å². The number of aryl methyl sites for hydroxylation is 1. The minimum atomic E-state index is -0.120. The highest BCUT2D eigenvalue weighted by Crippen LogP contribution is 2.26. The van der Waals surface area contributed by atoms with E-state index in [1.807, 2.05) is 85.9 Å². The van der Waals surface area contributed by atoms with E-state index in [9.17, 15) is 9.59 Å². The Bertz CT molecular complexity index is 1660. The van der Waals surface area contributed by atoms with Gasteiger partial charge in [-0.1, -0.05) is 6.92 Å². The van der Waals surface area contributed by atoms with E-state index in [0.717, 1.165) is 51.2 Å². The zero-order valence-corrected chi connectivity index (χ0v) is 23.6. The quantitative estimate of drug-likeness (QED) is 0.217. The number of aromatic nitrogens is 2. The summed E-state index contributed by atoms with van der Waals surface area (Å²) >= 11 is 1.56. The predicted octanol–water partition coefficient (Wildman–Crippen LogP) is 7.31. The minimum Gasteiger partial charge on any atom is -0.372 e. The number of anilines is 2. The van der Waals surface area contributed by atoms with Crippen molar-refractivity contribution in [3.8, 4) is 5.69 Å². The third-order valence-electron chi connectivity index (χ3n) is 7.67. The van der Waals surface area contributed by atoms with Gasteiger partial charge in [0, 0.05) is 63.9 Å². The Morgan fingerprint density at radius 3 is 2.33 bits per heavy atom. The fourth-order valence-corrected chi connectivity index (χ4v) is 6.06. The smallest absolute Gasteiger partial charge is 0.255 e. The molecule has 6 rings (SSSR count). The van der Waals surface area contributed by atoms with Crippen LogP contribution in [0.25, 0.3) is 16.6 Å². The third-order valence-corrected chi connectivity index (χ3v) is 8.59. The fourth-order valence-electron chi connectivity index (χ4n) is 5.27. The van der Waals surface area contributed by atoms with Gasteiger partial charge < -0.3 is 14.8 Å². The molecule has 1 saturated heterocycles. The summed E-state index contributed by atoms with van der Waals surface area (Å²) in [6.07, 6.45) is 6.56. The number of ketones is 1. The Balaban J connectivity index is 1.12. The largest absolute Gasteiger partial charge is 0.372 e. The van der Waals surface area contributed by atoms with E-state index >= 15 is 0 Å². The summed E-state index contributed by atoms with van der Waals surface area (Å²) in [6, 6.07) is 23.5. The lowest BCUT2D eigenvalue weighted by Gasteiger charge is -2.32. The molecule has 0 spiro atoms. The molecule has 1 aliphatic heterocycles. The molecule has 202 valence electrons. The lowest BCUT2D eigenvalue weighted by atomic mass is 9.98. The van der Waals surface area contributed by atoms with Crippen molar-refractivity contribution in [2.45, 2.75) is 33.1 Å². The molecule has 0 aliphatic carbocycles. The highest BCUT2D eigenvalue weighted by Gasteiger charge is 2.17. The number of hydrogen-bond donors (Lipinski definition) is 1. The molecule has 6 nitrogen and oxygen atoms in total. The van der Waals surface area contributed by atoms with Gasteiger partial charge in [-0.3, -0.25) is 9.59 Å². The summed E-state index contributed by atoms with van der Waals surface area (Å²) < 4.78 is 2.08. The summed E-state index contributed by atoms with van der Waals surface area (Å²) in [7, 11) is 0. The van der Waals surface area contributed by atoms with Crippen molar-refractivity contribution in [2.75, 3.05) is 23.3 Å². The number of carbonyl (C=O) groups excluding carboxylic acids is 2.